The first-order valence-electron chi connectivity index (χ1n) is 4.54. The van der Waals surface area contributed by atoms with Crippen LogP contribution in [0, 0.1) is 6.20 Å². The molecule has 1 amide bonds. The molecule has 1 aromatic heterocycles. The van der Waals surface area contributed by atoms with Gasteiger partial charge >= 0.3 is 0 Å². The minimum absolute atomic E-state index is 0.0109. The quantitative estimate of drug-likeness (QED) is 0.678. The summed E-state index contributed by atoms with van der Waals surface area (Å²) in [6.45, 7) is 2.11. The minimum atomic E-state index is 0.0109. The molecule has 0 spiro atoms. The smallest absolute Gasteiger partial charge is 0.226 e. The van der Waals surface area contributed by atoms with E-state index in [1.807, 2.05) is 0 Å². The second kappa shape index (κ2) is 5.35. The average Bonchev–Trinajstić information content (AvgIpc) is 2.57. The van der Waals surface area contributed by atoms with Gasteiger partial charge in [-0.1, -0.05) is 19.8 Å². The van der Waals surface area contributed by atoms with Gasteiger partial charge < -0.3 is 4.98 Å². The Morgan fingerprint density at radius 2 is 2.54 bits per heavy atom. The Labute approximate surface area is 77.8 Å². The number of unbranched alkanes of at least 4 members (excludes halogenated alkanes) is 2. The molecule has 0 saturated heterocycles. The molecule has 0 atom stereocenters. The third-order valence-electron chi connectivity index (χ3n) is 1.72. The Bertz CT molecular complexity index is 243. The lowest BCUT2D eigenvalue weighted by Gasteiger charge is -2.00. The first-order chi connectivity index (χ1) is 6.33. The molecule has 1 rings (SSSR count). The van der Waals surface area contributed by atoms with Crippen molar-refractivity contribution in [2.75, 3.05) is 5.32 Å². The molecular formula is C9H14N3O. The first-order valence-corrected chi connectivity index (χ1v) is 4.54. The summed E-state index contributed by atoms with van der Waals surface area (Å²) in [5.41, 5.74) is 0. The Morgan fingerprint density at radius 3 is 3.15 bits per heavy atom. The van der Waals surface area contributed by atoms with Crippen LogP contribution in [0.5, 0.6) is 0 Å². The van der Waals surface area contributed by atoms with Crippen molar-refractivity contribution in [2.24, 2.45) is 0 Å². The number of aromatic amines is 1. The second-order valence-corrected chi connectivity index (χ2v) is 2.88. The molecule has 0 fully saturated rings. The Kier molecular flexibility index (Phi) is 4.02. The highest BCUT2D eigenvalue weighted by Gasteiger charge is 2.02. The van der Waals surface area contributed by atoms with Gasteiger partial charge in [0.1, 0.15) is 6.20 Å². The fourth-order valence-corrected chi connectivity index (χ4v) is 1.02. The summed E-state index contributed by atoms with van der Waals surface area (Å²) in [5, 5.41) is 2.64. The molecule has 0 unspecified atom stereocenters. The number of amides is 1. The number of imidazole rings is 1. The van der Waals surface area contributed by atoms with Gasteiger partial charge in [-0.2, -0.15) is 0 Å². The van der Waals surface area contributed by atoms with Crippen LogP contribution in [0.3, 0.4) is 0 Å². The van der Waals surface area contributed by atoms with Crippen LogP contribution in [0.15, 0.2) is 6.20 Å². The number of nitrogens with zero attached hydrogens (tertiary/aromatic N) is 1. The predicted molar refractivity (Wildman–Crippen MR) is 50.2 cm³/mol. The molecule has 0 aliphatic carbocycles. The maximum atomic E-state index is 11.2. The van der Waals surface area contributed by atoms with E-state index in [-0.39, 0.29) is 5.91 Å². The Balaban J connectivity index is 2.18. The molecule has 2 N–H and O–H groups in total. The first kappa shape index (κ1) is 9.77. The van der Waals surface area contributed by atoms with E-state index in [4.69, 9.17) is 0 Å². The van der Waals surface area contributed by atoms with E-state index < -0.39 is 0 Å². The normalized spacial score (nSPS) is 9.92. The van der Waals surface area contributed by atoms with Crippen molar-refractivity contribution in [2.45, 2.75) is 32.6 Å². The highest BCUT2D eigenvalue weighted by molar-refractivity contribution is 5.88. The number of hydrogen-bond donors (Lipinski definition) is 2. The molecule has 13 heavy (non-hydrogen) atoms. The van der Waals surface area contributed by atoms with E-state index >= 15 is 0 Å². The van der Waals surface area contributed by atoms with E-state index in [9.17, 15) is 4.79 Å². The molecule has 0 saturated carbocycles. The van der Waals surface area contributed by atoms with Crippen molar-refractivity contribution < 1.29 is 4.79 Å². The van der Waals surface area contributed by atoms with Crippen LogP contribution >= 0.6 is 0 Å². The van der Waals surface area contributed by atoms with Crippen LogP contribution in [0.25, 0.3) is 0 Å². The van der Waals surface area contributed by atoms with Gasteiger partial charge in [0.05, 0.1) is 0 Å². The molecular weight excluding hydrogens is 166 g/mol. The van der Waals surface area contributed by atoms with Crippen LogP contribution in [0.4, 0.5) is 5.95 Å². The highest BCUT2D eigenvalue weighted by Crippen LogP contribution is 2.01. The van der Waals surface area contributed by atoms with Gasteiger partial charge in [0, 0.05) is 12.6 Å². The van der Waals surface area contributed by atoms with Crippen molar-refractivity contribution >= 4 is 11.9 Å². The fourth-order valence-electron chi connectivity index (χ4n) is 1.02. The SMILES string of the molecule is CCCCCC(=O)Nc1n[c]c[nH]1. The number of H-pyrrole nitrogens is 1. The lowest BCUT2D eigenvalue weighted by molar-refractivity contribution is -0.116. The monoisotopic (exact) mass is 180 g/mol. The van der Waals surface area contributed by atoms with Gasteiger partial charge in [0.15, 0.2) is 0 Å². The summed E-state index contributed by atoms with van der Waals surface area (Å²) in [5.74, 6) is 0.485. The van der Waals surface area contributed by atoms with Crippen molar-refractivity contribution in [3.8, 4) is 0 Å². The third-order valence-corrected chi connectivity index (χ3v) is 1.72. The van der Waals surface area contributed by atoms with Crippen molar-refractivity contribution in [1.29, 1.82) is 0 Å². The molecule has 1 heterocycles. The standard InChI is InChI=1S/C9H14N3O/c1-2-3-4-5-8(13)12-9-10-6-7-11-9/h6H,2-5H2,1H3,(H2,10,11,12,13). The van der Waals surface area contributed by atoms with Crippen LogP contribution in [0.1, 0.15) is 32.6 Å². The molecule has 0 bridgehead atoms. The van der Waals surface area contributed by atoms with E-state index in [0.29, 0.717) is 12.4 Å². The van der Waals surface area contributed by atoms with Crippen LogP contribution in [-0.4, -0.2) is 15.9 Å². The Morgan fingerprint density at radius 1 is 1.69 bits per heavy atom. The zero-order valence-electron chi connectivity index (χ0n) is 7.76. The molecule has 4 heteroatoms. The molecule has 0 aliphatic rings. The lowest BCUT2D eigenvalue weighted by Crippen LogP contribution is -2.11. The number of hydrogen-bond acceptors (Lipinski definition) is 2. The summed E-state index contributed by atoms with van der Waals surface area (Å²) in [4.78, 5) is 17.7. The van der Waals surface area contributed by atoms with Gasteiger partial charge in [-0.25, -0.2) is 4.98 Å². The van der Waals surface area contributed by atoms with Crippen LogP contribution in [-0.2, 0) is 4.79 Å². The molecule has 0 aliphatic heterocycles. The maximum absolute atomic E-state index is 11.2. The van der Waals surface area contributed by atoms with E-state index in [1.165, 1.54) is 0 Å². The topological polar surface area (TPSA) is 57.8 Å². The van der Waals surface area contributed by atoms with Gasteiger partial charge in [-0.05, 0) is 6.42 Å². The van der Waals surface area contributed by atoms with Crippen molar-refractivity contribution in [1.82, 2.24) is 9.97 Å². The number of nitrogens with one attached hydrogen (secondary N) is 2. The number of rotatable bonds is 5. The van der Waals surface area contributed by atoms with Crippen LogP contribution in [0.2, 0.25) is 0 Å². The molecule has 71 valence electrons. The number of carbonyl (C=O) groups excluding carboxylic acids is 1. The fraction of sp³-hybridized carbons (Fsp3) is 0.556. The van der Waals surface area contributed by atoms with Crippen molar-refractivity contribution in [3.05, 3.63) is 12.4 Å². The number of carbonyl (C=O) groups is 1. The predicted octanol–water partition coefficient (Wildman–Crippen LogP) is 1.73. The van der Waals surface area contributed by atoms with Gasteiger partial charge in [-0.3, -0.25) is 10.1 Å². The van der Waals surface area contributed by atoms with Gasteiger partial charge in [0.2, 0.25) is 11.9 Å². The summed E-state index contributed by atoms with van der Waals surface area (Å²) < 4.78 is 0. The van der Waals surface area contributed by atoms with Crippen LogP contribution < -0.4 is 5.32 Å². The zero-order valence-corrected chi connectivity index (χ0v) is 7.76. The van der Waals surface area contributed by atoms with E-state index in [0.717, 1.165) is 19.3 Å². The van der Waals surface area contributed by atoms with E-state index in [2.05, 4.69) is 28.4 Å². The highest BCUT2D eigenvalue weighted by atomic mass is 16.1. The number of anilines is 1. The summed E-state index contributed by atoms with van der Waals surface area (Å²) in [7, 11) is 0. The summed E-state index contributed by atoms with van der Waals surface area (Å²) >= 11 is 0. The minimum Gasteiger partial charge on any atom is -0.330 e. The summed E-state index contributed by atoms with van der Waals surface area (Å²) in [6.07, 6.45) is 7.86. The maximum Gasteiger partial charge on any atom is 0.226 e. The average molecular weight is 180 g/mol. The summed E-state index contributed by atoms with van der Waals surface area (Å²) in [6, 6.07) is 0. The van der Waals surface area contributed by atoms with Crippen molar-refractivity contribution in [3.63, 3.8) is 0 Å². The molecule has 1 aromatic rings. The Hall–Kier alpha value is -1.32. The lowest BCUT2D eigenvalue weighted by atomic mass is 10.2. The zero-order chi connectivity index (χ0) is 9.52. The molecule has 1 radical (unpaired) electrons. The largest absolute Gasteiger partial charge is 0.330 e. The van der Waals surface area contributed by atoms with E-state index in [1.54, 1.807) is 6.20 Å². The number of aromatic nitrogens is 2. The molecule has 4 nitrogen and oxygen atoms in total. The third kappa shape index (κ3) is 3.73. The van der Waals surface area contributed by atoms with Gasteiger partial charge in [0.25, 0.3) is 0 Å². The second-order valence-electron chi connectivity index (χ2n) is 2.88. The van der Waals surface area contributed by atoms with Gasteiger partial charge in [-0.15, -0.1) is 0 Å². The molecule has 0 aromatic carbocycles.